The van der Waals surface area contributed by atoms with Crippen LogP contribution in [0.3, 0.4) is 0 Å². The Balaban J connectivity index is 1.57. The Morgan fingerprint density at radius 3 is 2.44 bits per heavy atom. The third kappa shape index (κ3) is 4.70. The van der Waals surface area contributed by atoms with Gasteiger partial charge in [-0.2, -0.15) is 0 Å². The fourth-order valence-electron chi connectivity index (χ4n) is 4.17. The molecule has 2 amide bonds. The van der Waals surface area contributed by atoms with E-state index in [2.05, 4.69) is 39.2 Å². The number of hydrogen-bond donors (Lipinski definition) is 1. The number of anilines is 1. The quantitative estimate of drug-likeness (QED) is 0.597. The minimum absolute atomic E-state index is 0.0510. The minimum Gasteiger partial charge on any atom is -0.493 e. The highest BCUT2D eigenvalue weighted by molar-refractivity contribution is 6.74. The number of fused-ring (bicyclic) bond motifs is 2. The topological polar surface area (TPSA) is 77.1 Å². The Morgan fingerprint density at radius 2 is 1.79 bits per heavy atom. The maximum Gasteiger partial charge on any atom is 0.256 e. The Labute approximate surface area is 202 Å². The van der Waals surface area contributed by atoms with Gasteiger partial charge in [-0.15, -0.1) is 0 Å². The predicted molar refractivity (Wildman–Crippen MR) is 134 cm³/mol. The van der Waals surface area contributed by atoms with Crippen LogP contribution in [0.25, 0.3) is 0 Å². The Hall–Kier alpha value is -2.84. The number of rotatable bonds is 6. The fourth-order valence-corrected chi connectivity index (χ4v) is 5.53. The van der Waals surface area contributed by atoms with Gasteiger partial charge in [0.05, 0.1) is 24.5 Å². The summed E-state index contributed by atoms with van der Waals surface area (Å²) in [6.45, 7) is 11.7. The number of carbonyl (C=O) groups excluding carboxylic acids is 2. The first kappa shape index (κ1) is 24.3. The summed E-state index contributed by atoms with van der Waals surface area (Å²) in [5, 5.41) is 3.00. The van der Waals surface area contributed by atoms with Crippen LogP contribution in [-0.4, -0.2) is 50.8 Å². The van der Waals surface area contributed by atoms with Crippen LogP contribution in [0.2, 0.25) is 18.1 Å². The average Bonchev–Trinajstić information content (AvgIpc) is 3.17. The summed E-state index contributed by atoms with van der Waals surface area (Å²) in [6.07, 6.45) is 0.338. The van der Waals surface area contributed by atoms with Gasteiger partial charge in [-0.1, -0.05) is 51.1 Å². The number of ether oxygens (including phenoxy) is 2. The van der Waals surface area contributed by atoms with Crippen LogP contribution in [0, 0.1) is 0 Å². The van der Waals surface area contributed by atoms with Gasteiger partial charge in [-0.25, -0.2) is 0 Å². The van der Waals surface area contributed by atoms with Crippen molar-refractivity contribution in [1.29, 1.82) is 0 Å². The molecule has 1 fully saturated rings. The van der Waals surface area contributed by atoms with Crippen molar-refractivity contribution in [2.45, 2.75) is 64.1 Å². The molecule has 4 rings (SSSR count). The maximum absolute atomic E-state index is 13.5. The van der Waals surface area contributed by atoms with E-state index in [4.69, 9.17) is 13.9 Å². The second-order valence-electron chi connectivity index (χ2n) is 10.5. The summed E-state index contributed by atoms with van der Waals surface area (Å²) < 4.78 is 18.0. The monoisotopic (exact) mass is 482 g/mol. The molecule has 0 radical (unpaired) electrons. The van der Waals surface area contributed by atoms with Gasteiger partial charge in [0, 0.05) is 19.0 Å². The van der Waals surface area contributed by atoms with E-state index < -0.39 is 14.4 Å². The largest absolute Gasteiger partial charge is 0.493 e. The van der Waals surface area contributed by atoms with Crippen molar-refractivity contribution in [3.8, 4) is 11.5 Å². The van der Waals surface area contributed by atoms with E-state index in [1.807, 2.05) is 30.3 Å². The van der Waals surface area contributed by atoms with E-state index in [9.17, 15) is 9.59 Å². The third-order valence-corrected chi connectivity index (χ3v) is 11.7. The van der Waals surface area contributed by atoms with Crippen LogP contribution < -0.4 is 14.8 Å². The number of nitrogens with zero attached hydrogens (tertiary/aromatic N) is 1. The summed E-state index contributed by atoms with van der Waals surface area (Å²) in [7, 11) is -0.488. The van der Waals surface area contributed by atoms with Gasteiger partial charge in [0.15, 0.2) is 19.8 Å². The predicted octanol–water partition coefficient (Wildman–Crippen LogP) is 4.83. The number of amides is 2. The standard InChI is InChI=1S/C26H34N2O5Si/c1-26(2,3)34(5,6)33-18-12-21-24(29)27-20-14-23(32-16-17-10-8-7-9-11-17)22(31-4)13-19(20)25(30)28(21)15-18/h7-11,13-14,18,21H,12,15-16H2,1-6H3,(H,27,29)/t18?,21-/m0/s1. The smallest absolute Gasteiger partial charge is 0.256 e. The SMILES string of the molecule is COc1cc2c(cc1OCc1ccccc1)NC(=O)[C@@H]1CC(O[Si](C)(C)C(C)(C)C)CN1C2=O. The molecule has 2 aromatic carbocycles. The number of methoxy groups -OCH3 is 1. The summed E-state index contributed by atoms with van der Waals surface area (Å²) in [5.74, 6) is 0.517. The van der Waals surface area contributed by atoms with Crippen LogP contribution in [0.4, 0.5) is 5.69 Å². The lowest BCUT2D eigenvalue weighted by Gasteiger charge is -2.38. The third-order valence-electron chi connectivity index (χ3n) is 7.12. The fraction of sp³-hybridized carbons (Fsp3) is 0.462. The molecule has 34 heavy (non-hydrogen) atoms. The first-order valence-electron chi connectivity index (χ1n) is 11.7. The van der Waals surface area contributed by atoms with E-state index in [-0.39, 0.29) is 23.0 Å². The van der Waals surface area contributed by atoms with Gasteiger partial charge in [0.1, 0.15) is 12.6 Å². The zero-order valence-electron chi connectivity index (χ0n) is 20.8. The van der Waals surface area contributed by atoms with Crippen molar-refractivity contribution < 1.29 is 23.5 Å². The van der Waals surface area contributed by atoms with Gasteiger partial charge in [-0.05, 0) is 29.8 Å². The van der Waals surface area contributed by atoms with E-state index in [0.717, 1.165) is 5.56 Å². The van der Waals surface area contributed by atoms with Gasteiger partial charge >= 0.3 is 0 Å². The second kappa shape index (κ2) is 9.07. The first-order valence-corrected chi connectivity index (χ1v) is 14.6. The molecule has 1 unspecified atom stereocenters. The summed E-state index contributed by atoms with van der Waals surface area (Å²) >= 11 is 0. The highest BCUT2D eigenvalue weighted by Crippen LogP contribution is 2.41. The molecule has 0 bridgehead atoms. The molecule has 2 aromatic rings. The van der Waals surface area contributed by atoms with Crippen LogP contribution in [-0.2, 0) is 15.8 Å². The Bertz CT molecular complexity index is 1080. The molecule has 7 nitrogen and oxygen atoms in total. The molecule has 2 atom stereocenters. The lowest BCUT2D eigenvalue weighted by Crippen LogP contribution is -2.44. The molecule has 0 saturated carbocycles. The molecule has 2 aliphatic rings. The van der Waals surface area contributed by atoms with E-state index in [1.165, 1.54) is 0 Å². The van der Waals surface area contributed by atoms with Gasteiger partial charge < -0.3 is 24.1 Å². The zero-order valence-corrected chi connectivity index (χ0v) is 21.8. The number of benzene rings is 2. The van der Waals surface area contributed by atoms with Crippen LogP contribution in [0.1, 0.15) is 43.1 Å². The highest BCUT2D eigenvalue weighted by Gasteiger charge is 2.47. The van der Waals surface area contributed by atoms with Gasteiger partial charge in [0.2, 0.25) is 5.91 Å². The minimum atomic E-state index is -2.03. The maximum atomic E-state index is 13.5. The van der Waals surface area contributed by atoms with Crippen molar-refractivity contribution in [2.24, 2.45) is 0 Å². The molecule has 0 aromatic heterocycles. The molecule has 2 heterocycles. The Kier molecular flexibility index (Phi) is 6.48. The first-order chi connectivity index (χ1) is 16.0. The van der Waals surface area contributed by atoms with Crippen molar-refractivity contribution >= 4 is 25.8 Å². The van der Waals surface area contributed by atoms with Crippen molar-refractivity contribution in [3.63, 3.8) is 0 Å². The number of carbonyl (C=O) groups is 2. The van der Waals surface area contributed by atoms with E-state index >= 15 is 0 Å². The molecular weight excluding hydrogens is 448 g/mol. The van der Waals surface area contributed by atoms with Crippen molar-refractivity contribution in [2.75, 3.05) is 19.0 Å². The zero-order chi connectivity index (χ0) is 24.7. The lowest BCUT2D eigenvalue weighted by molar-refractivity contribution is -0.119. The Morgan fingerprint density at radius 1 is 1.09 bits per heavy atom. The molecule has 8 heteroatoms. The normalized spacial score (nSPS) is 20.4. The van der Waals surface area contributed by atoms with Crippen LogP contribution in [0.15, 0.2) is 42.5 Å². The molecule has 1 N–H and O–H groups in total. The average molecular weight is 483 g/mol. The molecule has 0 aliphatic carbocycles. The second-order valence-corrected chi connectivity index (χ2v) is 15.3. The lowest BCUT2D eigenvalue weighted by atomic mass is 10.1. The number of nitrogens with one attached hydrogen (secondary N) is 1. The summed E-state index contributed by atoms with van der Waals surface area (Å²) in [4.78, 5) is 28.3. The molecule has 182 valence electrons. The molecule has 2 aliphatic heterocycles. The van der Waals surface area contributed by atoms with E-state index in [0.29, 0.717) is 42.3 Å². The van der Waals surface area contributed by atoms with Crippen LogP contribution in [0.5, 0.6) is 11.5 Å². The van der Waals surface area contributed by atoms with Gasteiger partial charge in [0.25, 0.3) is 5.91 Å². The van der Waals surface area contributed by atoms with Gasteiger partial charge in [-0.3, -0.25) is 9.59 Å². The van der Waals surface area contributed by atoms with Crippen LogP contribution >= 0.6 is 0 Å². The summed E-state index contributed by atoms with van der Waals surface area (Å²) in [5.41, 5.74) is 1.84. The number of hydrogen-bond acceptors (Lipinski definition) is 5. The van der Waals surface area contributed by atoms with Crippen molar-refractivity contribution in [3.05, 3.63) is 53.6 Å². The molecule has 1 saturated heterocycles. The van der Waals surface area contributed by atoms with Crippen molar-refractivity contribution in [1.82, 2.24) is 4.90 Å². The van der Waals surface area contributed by atoms with E-state index in [1.54, 1.807) is 24.1 Å². The molecule has 0 spiro atoms. The molecular formula is C26H34N2O5Si. The highest BCUT2D eigenvalue weighted by atomic mass is 28.4. The summed E-state index contributed by atoms with van der Waals surface area (Å²) in [6, 6.07) is 12.6.